The first kappa shape index (κ1) is 10.6. The van der Waals surface area contributed by atoms with Gasteiger partial charge < -0.3 is 9.47 Å². The van der Waals surface area contributed by atoms with Gasteiger partial charge >= 0.3 is 12.1 Å². The molecule has 1 fully saturated rings. The van der Waals surface area contributed by atoms with E-state index in [9.17, 15) is 9.59 Å². The molecule has 0 unspecified atom stereocenters. The maximum absolute atomic E-state index is 10.9. The first-order valence-corrected chi connectivity index (χ1v) is 4.49. The molecule has 0 aromatic heterocycles. The summed E-state index contributed by atoms with van der Waals surface area (Å²) < 4.78 is 9.40. The molecule has 0 aromatic carbocycles. The fourth-order valence-electron chi connectivity index (χ4n) is 1.04. The van der Waals surface area contributed by atoms with E-state index >= 15 is 0 Å². The van der Waals surface area contributed by atoms with Crippen LogP contribution in [0.5, 0.6) is 0 Å². The molecule has 1 aliphatic heterocycles. The molecule has 14 heavy (non-hydrogen) atoms. The van der Waals surface area contributed by atoms with E-state index in [1.54, 1.807) is 19.2 Å². The largest absolute Gasteiger partial charge is 0.466 e. The third-order valence-corrected chi connectivity index (χ3v) is 1.67. The molecule has 0 spiro atoms. The van der Waals surface area contributed by atoms with Crippen LogP contribution in [0.3, 0.4) is 0 Å². The standard InChI is InChI=1S/C9H13NO4/c1-2-13-8(11)4-3-5-10-6-7-14-9(10)12/h3,5H,2,4,6-7H2,1H3/b5-3+. The van der Waals surface area contributed by atoms with Gasteiger partial charge in [0.25, 0.3) is 0 Å². The summed E-state index contributed by atoms with van der Waals surface area (Å²) in [5, 5.41) is 0. The summed E-state index contributed by atoms with van der Waals surface area (Å²) in [6.07, 6.45) is 2.94. The van der Waals surface area contributed by atoms with Crippen LogP contribution in [-0.4, -0.2) is 36.7 Å². The molecule has 78 valence electrons. The fourth-order valence-corrected chi connectivity index (χ4v) is 1.04. The Morgan fingerprint density at radius 2 is 2.50 bits per heavy atom. The molecule has 1 amide bonds. The highest BCUT2D eigenvalue weighted by molar-refractivity contribution is 5.72. The van der Waals surface area contributed by atoms with Crippen LogP contribution in [-0.2, 0) is 14.3 Å². The number of amides is 1. The summed E-state index contributed by atoms with van der Waals surface area (Å²) in [5.74, 6) is -0.295. The Kier molecular flexibility index (Phi) is 3.97. The number of carbonyl (C=O) groups is 2. The van der Waals surface area contributed by atoms with E-state index in [-0.39, 0.29) is 18.5 Å². The van der Waals surface area contributed by atoms with Crippen LogP contribution in [0.25, 0.3) is 0 Å². The molecule has 1 aliphatic rings. The van der Waals surface area contributed by atoms with Crippen molar-refractivity contribution >= 4 is 12.1 Å². The van der Waals surface area contributed by atoms with Gasteiger partial charge in [0.1, 0.15) is 6.61 Å². The third-order valence-electron chi connectivity index (χ3n) is 1.67. The molecule has 0 N–H and O–H groups in total. The highest BCUT2D eigenvalue weighted by Crippen LogP contribution is 2.03. The molecule has 1 rings (SSSR count). The van der Waals surface area contributed by atoms with E-state index in [4.69, 9.17) is 9.47 Å². The second-order valence-corrected chi connectivity index (χ2v) is 2.70. The maximum Gasteiger partial charge on any atom is 0.413 e. The average molecular weight is 199 g/mol. The van der Waals surface area contributed by atoms with Crippen LogP contribution >= 0.6 is 0 Å². The van der Waals surface area contributed by atoms with E-state index < -0.39 is 0 Å². The van der Waals surface area contributed by atoms with Gasteiger partial charge in [0.05, 0.1) is 19.6 Å². The average Bonchev–Trinajstić information content (AvgIpc) is 2.52. The van der Waals surface area contributed by atoms with Gasteiger partial charge in [-0.2, -0.15) is 0 Å². The third kappa shape index (κ3) is 3.08. The maximum atomic E-state index is 10.9. The van der Waals surface area contributed by atoms with E-state index in [1.165, 1.54) is 4.90 Å². The summed E-state index contributed by atoms with van der Waals surface area (Å²) in [7, 11) is 0. The highest BCUT2D eigenvalue weighted by Gasteiger charge is 2.18. The number of hydrogen-bond acceptors (Lipinski definition) is 4. The summed E-state index contributed by atoms with van der Waals surface area (Å²) in [6, 6.07) is 0. The SMILES string of the molecule is CCOC(=O)C/C=C/N1CCOC1=O. The van der Waals surface area contributed by atoms with Crippen molar-refractivity contribution in [3.63, 3.8) is 0 Å². The van der Waals surface area contributed by atoms with Gasteiger partial charge in [-0.3, -0.25) is 9.69 Å². The lowest BCUT2D eigenvalue weighted by Crippen LogP contribution is -2.17. The molecule has 0 saturated carbocycles. The minimum atomic E-state index is -0.370. The van der Waals surface area contributed by atoms with E-state index in [1.807, 2.05) is 0 Å². The van der Waals surface area contributed by atoms with Gasteiger partial charge in [-0.05, 0) is 6.92 Å². The van der Waals surface area contributed by atoms with Crippen LogP contribution in [0.2, 0.25) is 0 Å². The number of hydrogen-bond donors (Lipinski definition) is 0. The van der Waals surface area contributed by atoms with Crippen molar-refractivity contribution in [1.82, 2.24) is 4.90 Å². The highest BCUT2D eigenvalue weighted by atomic mass is 16.6. The number of esters is 1. The van der Waals surface area contributed by atoms with Crippen LogP contribution in [0.15, 0.2) is 12.3 Å². The van der Waals surface area contributed by atoms with Crippen LogP contribution < -0.4 is 0 Å². The fraction of sp³-hybridized carbons (Fsp3) is 0.556. The van der Waals surface area contributed by atoms with E-state index in [0.717, 1.165) is 0 Å². The lowest BCUT2D eigenvalue weighted by Gasteiger charge is -2.04. The van der Waals surface area contributed by atoms with Crippen LogP contribution in [0.4, 0.5) is 4.79 Å². The van der Waals surface area contributed by atoms with Crippen molar-refractivity contribution in [3.8, 4) is 0 Å². The zero-order chi connectivity index (χ0) is 10.4. The second kappa shape index (κ2) is 5.26. The molecular formula is C9H13NO4. The zero-order valence-electron chi connectivity index (χ0n) is 8.06. The second-order valence-electron chi connectivity index (χ2n) is 2.70. The zero-order valence-corrected chi connectivity index (χ0v) is 8.06. The van der Waals surface area contributed by atoms with Gasteiger partial charge in [-0.1, -0.05) is 6.08 Å². The quantitative estimate of drug-likeness (QED) is 0.631. The molecule has 1 saturated heterocycles. The molecule has 0 radical (unpaired) electrons. The predicted octanol–water partition coefficient (Wildman–Crippen LogP) is 0.905. The van der Waals surface area contributed by atoms with Crippen LogP contribution in [0, 0.1) is 0 Å². The predicted molar refractivity (Wildman–Crippen MR) is 48.4 cm³/mol. The first-order chi connectivity index (χ1) is 6.74. The summed E-state index contributed by atoms with van der Waals surface area (Å²) in [5.41, 5.74) is 0. The Labute approximate surface area is 82.3 Å². The van der Waals surface area contributed by atoms with Crippen molar-refractivity contribution in [3.05, 3.63) is 12.3 Å². The number of nitrogens with zero attached hydrogens (tertiary/aromatic N) is 1. The topological polar surface area (TPSA) is 55.8 Å². The summed E-state index contributed by atoms with van der Waals surface area (Å²) in [4.78, 5) is 23.2. The number of cyclic esters (lactones) is 1. The molecular weight excluding hydrogens is 186 g/mol. The Balaban J connectivity index is 2.26. The Morgan fingerprint density at radius 1 is 1.71 bits per heavy atom. The smallest absolute Gasteiger partial charge is 0.413 e. The van der Waals surface area contributed by atoms with Gasteiger partial charge in [0.15, 0.2) is 0 Å². The van der Waals surface area contributed by atoms with E-state index in [2.05, 4.69) is 0 Å². The van der Waals surface area contributed by atoms with Crippen molar-refractivity contribution in [2.45, 2.75) is 13.3 Å². The molecule has 0 aliphatic carbocycles. The van der Waals surface area contributed by atoms with Gasteiger partial charge in [0.2, 0.25) is 0 Å². The monoisotopic (exact) mass is 199 g/mol. The normalized spacial score (nSPS) is 16.1. The molecule has 5 heteroatoms. The summed E-state index contributed by atoms with van der Waals surface area (Å²) >= 11 is 0. The van der Waals surface area contributed by atoms with Crippen LogP contribution in [0.1, 0.15) is 13.3 Å². The lowest BCUT2D eigenvalue weighted by atomic mass is 10.4. The Morgan fingerprint density at radius 3 is 3.07 bits per heavy atom. The number of ether oxygens (including phenoxy) is 2. The van der Waals surface area contributed by atoms with Crippen molar-refractivity contribution < 1.29 is 19.1 Å². The first-order valence-electron chi connectivity index (χ1n) is 4.49. The number of carbonyl (C=O) groups excluding carboxylic acids is 2. The molecule has 0 aromatic rings. The van der Waals surface area contributed by atoms with Gasteiger partial charge in [-0.15, -0.1) is 0 Å². The summed E-state index contributed by atoms with van der Waals surface area (Å²) in [6.45, 7) is 3.07. The van der Waals surface area contributed by atoms with Crippen molar-refractivity contribution in [1.29, 1.82) is 0 Å². The van der Waals surface area contributed by atoms with E-state index in [0.29, 0.717) is 19.8 Å². The molecule has 1 heterocycles. The Hall–Kier alpha value is -1.52. The minimum Gasteiger partial charge on any atom is -0.466 e. The number of rotatable bonds is 4. The molecule has 0 bridgehead atoms. The molecule has 5 nitrogen and oxygen atoms in total. The van der Waals surface area contributed by atoms with Gasteiger partial charge in [-0.25, -0.2) is 4.79 Å². The van der Waals surface area contributed by atoms with Gasteiger partial charge in [0, 0.05) is 6.20 Å². The molecule has 0 atom stereocenters. The Bertz CT molecular complexity index is 249. The minimum absolute atomic E-state index is 0.178. The lowest BCUT2D eigenvalue weighted by molar-refractivity contribution is -0.142. The van der Waals surface area contributed by atoms with Crippen molar-refractivity contribution in [2.75, 3.05) is 19.8 Å². The van der Waals surface area contributed by atoms with Crippen molar-refractivity contribution in [2.24, 2.45) is 0 Å².